The monoisotopic (exact) mass is 322 g/mol. The molecule has 0 saturated carbocycles. The van der Waals surface area contributed by atoms with E-state index < -0.39 is 26.9 Å². The molecule has 0 amide bonds. The van der Waals surface area contributed by atoms with Crippen LogP contribution in [0.3, 0.4) is 0 Å². The summed E-state index contributed by atoms with van der Waals surface area (Å²) in [7, 11) is 0. The van der Waals surface area contributed by atoms with Crippen LogP contribution in [0.15, 0.2) is 18.2 Å². The first kappa shape index (κ1) is 11.5. The molecule has 0 nitrogen and oxygen atoms in total. The summed E-state index contributed by atoms with van der Waals surface area (Å²) >= 11 is 7.70. The standard InChI is InChI=1S/C7H3ClF3.BrH.Zn/c8-6-3-1-5(2-4-6)7(9,10)11;;/h1-3H;1H;/q;;+1/p-1. The fraction of sp³-hybridized carbons (Fsp3) is 0.143. The Morgan fingerprint density at radius 2 is 1.92 bits per heavy atom. The number of benzene rings is 1. The van der Waals surface area contributed by atoms with Gasteiger partial charge in [0.1, 0.15) is 0 Å². The third kappa shape index (κ3) is 2.93. The molecule has 0 N–H and O–H groups in total. The van der Waals surface area contributed by atoms with Gasteiger partial charge in [-0.15, -0.1) is 0 Å². The summed E-state index contributed by atoms with van der Waals surface area (Å²) in [6, 6.07) is 3.42. The Bertz CT molecular complexity index is 313. The average molecular weight is 325 g/mol. The van der Waals surface area contributed by atoms with E-state index >= 15 is 0 Å². The van der Waals surface area contributed by atoms with E-state index in [-0.39, 0.29) is 0 Å². The molecule has 0 unspecified atom stereocenters. The summed E-state index contributed by atoms with van der Waals surface area (Å²) in [5.41, 5.74) is -0.628. The van der Waals surface area contributed by atoms with Crippen LogP contribution in [0.4, 0.5) is 13.2 Å². The van der Waals surface area contributed by atoms with E-state index in [0.717, 1.165) is 12.1 Å². The Labute approximate surface area is 92.4 Å². The Morgan fingerprint density at radius 3 is 2.38 bits per heavy atom. The molecule has 0 bridgehead atoms. The Balaban J connectivity index is 3.14. The molecule has 0 radical (unpaired) electrons. The molecule has 1 aromatic rings. The van der Waals surface area contributed by atoms with Gasteiger partial charge in [0.2, 0.25) is 0 Å². The van der Waals surface area contributed by atoms with Gasteiger partial charge in [0, 0.05) is 0 Å². The summed E-state index contributed by atoms with van der Waals surface area (Å²) in [6.45, 7) is 0. The van der Waals surface area contributed by atoms with Gasteiger partial charge in [0.25, 0.3) is 0 Å². The van der Waals surface area contributed by atoms with E-state index in [1.807, 2.05) is 0 Å². The molecule has 1 aromatic carbocycles. The molecule has 0 aromatic heterocycles. The van der Waals surface area contributed by atoms with E-state index in [1.54, 1.807) is 0 Å². The molecule has 1 rings (SSSR count). The van der Waals surface area contributed by atoms with Crippen molar-refractivity contribution >= 4 is 29.4 Å². The third-order valence-corrected chi connectivity index (χ3v) is 7.33. The van der Waals surface area contributed by atoms with Gasteiger partial charge in [-0.05, 0) is 0 Å². The zero-order valence-corrected chi connectivity index (χ0v) is 11.6. The molecular formula is C7H3BrClF3Zn. The minimum absolute atomic E-state index is 0.421. The van der Waals surface area contributed by atoms with Crippen molar-refractivity contribution < 1.29 is 28.3 Å². The van der Waals surface area contributed by atoms with Crippen LogP contribution >= 0.6 is 25.2 Å². The third-order valence-electron chi connectivity index (χ3n) is 1.52. The molecule has 0 aliphatic rings. The van der Waals surface area contributed by atoms with Crippen molar-refractivity contribution in [2.75, 3.05) is 0 Å². The summed E-state index contributed by atoms with van der Waals surface area (Å²) < 4.78 is 37.2. The molecular weight excluding hydrogens is 322 g/mol. The van der Waals surface area contributed by atoms with Gasteiger partial charge >= 0.3 is 92.7 Å². The van der Waals surface area contributed by atoms with Crippen LogP contribution in [0, 0.1) is 0 Å². The zero-order chi connectivity index (χ0) is 10.1. The fourth-order valence-electron chi connectivity index (χ4n) is 0.853. The van der Waals surface area contributed by atoms with Crippen LogP contribution in [-0.2, 0) is 21.3 Å². The summed E-state index contributed by atoms with van der Waals surface area (Å²) in [5.74, 6) is 0. The van der Waals surface area contributed by atoms with Gasteiger partial charge < -0.3 is 0 Å². The zero-order valence-electron chi connectivity index (χ0n) is 6.33. The predicted octanol–water partition coefficient (Wildman–Crippen LogP) is 3.38. The van der Waals surface area contributed by atoms with Crippen LogP contribution < -0.4 is 4.16 Å². The fourth-order valence-corrected chi connectivity index (χ4v) is 5.71. The van der Waals surface area contributed by atoms with Gasteiger partial charge in [-0.1, -0.05) is 0 Å². The van der Waals surface area contributed by atoms with Crippen LogP contribution in [-0.4, -0.2) is 0 Å². The van der Waals surface area contributed by atoms with Crippen molar-refractivity contribution in [1.82, 2.24) is 0 Å². The van der Waals surface area contributed by atoms with Crippen LogP contribution in [0.2, 0.25) is 5.02 Å². The molecule has 0 spiro atoms. The molecule has 6 heteroatoms. The minimum atomic E-state index is -4.27. The Morgan fingerprint density at radius 1 is 1.31 bits per heavy atom. The SMILES string of the molecule is FC(F)(F)c1ccc(Cl)[c]([Zn][Br])c1. The first-order valence-electron chi connectivity index (χ1n) is 3.36. The van der Waals surface area contributed by atoms with Crippen LogP contribution in [0.25, 0.3) is 0 Å². The predicted molar refractivity (Wildman–Crippen MR) is 45.0 cm³/mol. The van der Waals surface area contributed by atoms with Crippen molar-refractivity contribution in [2.24, 2.45) is 0 Å². The number of rotatable bonds is 1. The normalized spacial score (nSPS) is 11.2. The topological polar surface area (TPSA) is 0 Å². The molecule has 0 atom stereocenters. The Kier molecular flexibility index (Phi) is 3.78. The van der Waals surface area contributed by atoms with Gasteiger partial charge in [-0.2, -0.15) is 0 Å². The second kappa shape index (κ2) is 4.28. The van der Waals surface area contributed by atoms with Crippen molar-refractivity contribution in [3.8, 4) is 0 Å². The maximum atomic E-state index is 12.2. The van der Waals surface area contributed by atoms with Crippen molar-refractivity contribution in [3.05, 3.63) is 28.8 Å². The van der Waals surface area contributed by atoms with Crippen LogP contribution in [0.1, 0.15) is 5.56 Å². The van der Waals surface area contributed by atoms with Crippen molar-refractivity contribution in [3.63, 3.8) is 0 Å². The van der Waals surface area contributed by atoms with Crippen LogP contribution in [0.5, 0.6) is 0 Å². The number of halogens is 5. The summed E-state index contributed by atoms with van der Waals surface area (Å²) in [4.78, 5) is 0. The summed E-state index contributed by atoms with van der Waals surface area (Å²) in [5, 5.41) is 0.421. The van der Waals surface area contributed by atoms with E-state index in [1.165, 1.54) is 6.07 Å². The van der Waals surface area contributed by atoms with Crippen molar-refractivity contribution in [1.29, 1.82) is 0 Å². The van der Waals surface area contributed by atoms with Gasteiger partial charge in [0.15, 0.2) is 0 Å². The van der Waals surface area contributed by atoms with Gasteiger partial charge in [0.05, 0.1) is 0 Å². The van der Waals surface area contributed by atoms with E-state index in [0.29, 0.717) is 9.18 Å². The maximum absolute atomic E-state index is 12.2. The molecule has 0 fully saturated rings. The molecule has 0 heterocycles. The molecule has 0 saturated heterocycles. The molecule has 13 heavy (non-hydrogen) atoms. The second-order valence-electron chi connectivity index (χ2n) is 2.44. The second-order valence-corrected chi connectivity index (χ2v) is 7.92. The van der Waals surface area contributed by atoms with Crippen molar-refractivity contribution in [2.45, 2.75) is 6.18 Å². The average Bonchev–Trinajstić information content (AvgIpc) is 2.03. The molecule has 0 aliphatic carbocycles. The van der Waals surface area contributed by atoms with Gasteiger partial charge in [-0.25, -0.2) is 0 Å². The first-order valence-corrected chi connectivity index (χ1v) is 12.2. The number of hydrogen-bond acceptors (Lipinski definition) is 0. The first-order chi connectivity index (χ1) is 5.95. The van der Waals surface area contributed by atoms with E-state index in [9.17, 15) is 13.2 Å². The quantitative estimate of drug-likeness (QED) is 0.695. The summed E-state index contributed by atoms with van der Waals surface area (Å²) in [6.07, 6.45) is -4.27. The number of alkyl halides is 3. The number of hydrogen-bond donors (Lipinski definition) is 0. The molecule has 68 valence electrons. The van der Waals surface area contributed by atoms with E-state index in [4.69, 9.17) is 11.6 Å². The van der Waals surface area contributed by atoms with E-state index in [2.05, 4.69) is 13.6 Å². The molecule has 0 aliphatic heterocycles. The Hall–Kier alpha value is 0.403. The van der Waals surface area contributed by atoms with Gasteiger partial charge in [-0.3, -0.25) is 0 Å².